The van der Waals surface area contributed by atoms with Crippen molar-refractivity contribution in [3.05, 3.63) is 82.1 Å². The van der Waals surface area contributed by atoms with Crippen LogP contribution in [0, 0.1) is 17.8 Å². The van der Waals surface area contributed by atoms with Crippen LogP contribution in [0.2, 0.25) is 10.0 Å². The first-order valence-corrected chi connectivity index (χ1v) is 10.3. The number of benzene rings is 2. The Morgan fingerprint density at radius 2 is 1.66 bits per heavy atom. The number of carbonyl (C=O) groups is 2. The van der Waals surface area contributed by atoms with E-state index in [0.29, 0.717) is 5.75 Å². The number of hydrogen-bond donors (Lipinski definition) is 0. The molecule has 0 amide bonds. The van der Waals surface area contributed by atoms with E-state index in [2.05, 4.69) is 21.8 Å². The second-order valence-corrected chi connectivity index (χ2v) is 7.42. The van der Waals surface area contributed by atoms with Crippen molar-refractivity contribution in [3.8, 4) is 23.6 Å². The number of esters is 1. The number of methoxy groups -OCH3 is 1. The first-order valence-electron chi connectivity index (χ1n) is 9.56. The minimum atomic E-state index is -0.745. The minimum absolute atomic E-state index is 0.116. The molecule has 1 aromatic heterocycles. The van der Waals surface area contributed by atoms with Crippen LogP contribution in [-0.4, -0.2) is 28.8 Å². The van der Waals surface area contributed by atoms with E-state index < -0.39 is 11.9 Å². The molecule has 0 bridgehead atoms. The van der Waals surface area contributed by atoms with Gasteiger partial charge in [-0.3, -0.25) is 9.59 Å². The molecule has 0 aliphatic carbocycles. The van der Waals surface area contributed by atoms with Crippen molar-refractivity contribution >= 4 is 35.0 Å². The molecule has 0 N–H and O–H groups in total. The molecule has 0 aliphatic heterocycles. The number of ether oxygens (including phenoxy) is 2. The smallest absolute Gasteiger partial charge is 0.321 e. The van der Waals surface area contributed by atoms with Gasteiger partial charge in [0.25, 0.3) is 0 Å². The lowest BCUT2D eigenvalue weighted by Gasteiger charge is -2.12. The topological polar surface area (TPSA) is 78.4 Å². The summed E-state index contributed by atoms with van der Waals surface area (Å²) in [5, 5.41) is 0.473. The van der Waals surface area contributed by atoms with E-state index >= 15 is 0 Å². The van der Waals surface area contributed by atoms with Crippen LogP contribution in [0.1, 0.15) is 28.8 Å². The van der Waals surface area contributed by atoms with Crippen molar-refractivity contribution < 1.29 is 19.1 Å². The maximum atomic E-state index is 12.7. The van der Waals surface area contributed by atoms with Crippen LogP contribution in [0.3, 0.4) is 0 Å². The third-order valence-corrected chi connectivity index (χ3v) is 5.02. The first-order chi connectivity index (χ1) is 15.5. The molecule has 6 nitrogen and oxygen atoms in total. The monoisotopic (exact) mass is 468 g/mol. The molecule has 1 atom stereocenters. The molecule has 0 saturated heterocycles. The van der Waals surface area contributed by atoms with Crippen molar-refractivity contribution in [3.63, 3.8) is 0 Å². The van der Waals surface area contributed by atoms with Crippen LogP contribution in [0.15, 0.2) is 60.9 Å². The van der Waals surface area contributed by atoms with Crippen molar-refractivity contribution in [2.24, 2.45) is 5.92 Å². The summed E-state index contributed by atoms with van der Waals surface area (Å²) >= 11 is 12.2. The fourth-order valence-electron chi connectivity index (χ4n) is 2.82. The van der Waals surface area contributed by atoms with Crippen molar-refractivity contribution in [2.75, 3.05) is 7.11 Å². The Bertz CT molecular complexity index is 1140. The minimum Gasteiger partial charge on any atom is -0.469 e. The van der Waals surface area contributed by atoms with Gasteiger partial charge >= 0.3 is 12.0 Å². The Kier molecular flexibility index (Phi) is 8.20. The van der Waals surface area contributed by atoms with E-state index in [1.54, 1.807) is 60.9 Å². The number of Topliss-reactive ketones (excluding diaryl/α,β-unsaturated/α-hetero) is 1. The normalized spacial score (nSPS) is 11.1. The van der Waals surface area contributed by atoms with Gasteiger partial charge in [0.05, 0.1) is 28.6 Å². The number of aromatic nitrogens is 2. The van der Waals surface area contributed by atoms with E-state index in [4.69, 9.17) is 32.7 Å². The molecule has 0 spiro atoms. The molecule has 3 rings (SSSR count). The molecule has 0 aliphatic rings. The number of hydrogen-bond acceptors (Lipinski definition) is 6. The highest BCUT2D eigenvalue weighted by Crippen LogP contribution is 2.27. The lowest BCUT2D eigenvalue weighted by Crippen LogP contribution is -2.20. The molecule has 8 heteroatoms. The predicted octanol–water partition coefficient (Wildman–Crippen LogP) is 5.38. The Labute approximate surface area is 195 Å². The van der Waals surface area contributed by atoms with Crippen molar-refractivity contribution in [1.82, 2.24) is 9.97 Å². The summed E-state index contributed by atoms with van der Waals surface area (Å²) in [7, 11) is 1.27. The summed E-state index contributed by atoms with van der Waals surface area (Å²) in [4.78, 5) is 32.9. The molecule has 2 aromatic carbocycles. The third-order valence-electron chi connectivity index (χ3n) is 4.39. The average Bonchev–Trinajstić information content (AvgIpc) is 2.79. The number of halogens is 2. The molecule has 1 heterocycles. The highest BCUT2D eigenvalue weighted by atomic mass is 35.5. The Morgan fingerprint density at radius 1 is 1.00 bits per heavy atom. The summed E-state index contributed by atoms with van der Waals surface area (Å²) in [5.41, 5.74) is 0.908. The second kappa shape index (κ2) is 11.3. The largest absolute Gasteiger partial charge is 0.469 e. The van der Waals surface area contributed by atoms with Gasteiger partial charge in [0.15, 0.2) is 5.78 Å². The summed E-state index contributed by atoms with van der Waals surface area (Å²) in [5.74, 6) is 4.86. The van der Waals surface area contributed by atoms with Gasteiger partial charge in [-0.2, -0.15) is 0 Å². The van der Waals surface area contributed by atoms with Gasteiger partial charge in [-0.05, 0) is 42.5 Å². The zero-order valence-electron chi connectivity index (χ0n) is 17.0. The standard InChI is InChI=1S/C24H18Cl2N2O4/c1-31-23(30)17(15-21(29)22-19(25)7-3-8-20(22)26)6-2-5-16-9-11-18(12-10-16)32-24-27-13-4-14-28-24/h3-4,7-14,17H,6,15H2,1H3. The van der Waals surface area contributed by atoms with Crippen molar-refractivity contribution in [1.29, 1.82) is 0 Å². The first kappa shape index (κ1) is 23.3. The zero-order valence-corrected chi connectivity index (χ0v) is 18.6. The van der Waals surface area contributed by atoms with Crippen LogP contribution < -0.4 is 4.74 Å². The molecular weight excluding hydrogens is 451 g/mol. The molecule has 0 fully saturated rings. The molecule has 162 valence electrons. The summed E-state index contributed by atoms with van der Waals surface area (Å²) < 4.78 is 10.4. The summed E-state index contributed by atoms with van der Waals surface area (Å²) in [6.45, 7) is 0. The van der Waals surface area contributed by atoms with E-state index in [-0.39, 0.29) is 40.2 Å². The summed E-state index contributed by atoms with van der Waals surface area (Å²) in [6.07, 6.45) is 3.19. The van der Waals surface area contributed by atoms with E-state index in [1.807, 2.05) is 0 Å². The highest BCUT2D eigenvalue weighted by Gasteiger charge is 2.25. The lowest BCUT2D eigenvalue weighted by molar-refractivity contribution is -0.145. The lowest BCUT2D eigenvalue weighted by atomic mass is 9.95. The molecule has 3 aromatic rings. The number of ketones is 1. The van der Waals surface area contributed by atoms with Gasteiger partial charge in [0.1, 0.15) is 5.75 Å². The maximum absolute atomic E-state index is 12.7. The Morgan fingerprint density at radius 3 is 2.28 bits per heavy atom. The maximum Gasteiger partial charge on any atom is 0.321 e. The fourth-order valence-corrected chi connectivity index (χ4v) is 3.43. The van der Waals surface area contributed by atoms with Crippen LogP contribution >= 0.6 is 23.2 Å². The van der Waals surface area contributed by atoms with Crippen LogP contribution in [0.5, 0.6) is 11.8 Å². The van der Waals surface area contributed by atoms with Crippen LogP contribution in [0.25, 0.3) is 0 Å². The van der Waals surface area contributed by atoms with E-state index in [9.17, 15) is 9.59 Å². The van der Waals surface area contributed by atoms with Gasteiger partial charge < -0.3 is 9.47 Å². The van der Waals surface area contributed by atoms with Crippen LogP contribution in [0.4, 0.5) is 0 Å². The molecule has 0 radical (unpaired) electrons. The van der Waals surface area contributed by atoms with Gasteiger partial charge in [-0.25, -0.2) is 9.97 Å². The highest BCUT2D eigenvalue weighted by molar-refractivity contribution is 6.39. The van der Waals surface area contributed by atoms with E-state index in [1.165, 1.54) is 7.11 Å². The summed E-state index contributed by atoms with van der Waals surface area (Å²) in [6, 6.07) is 13.8. The van der Waals surface area contributed by atoms with Crippen molar-refractivity contribution in [2.45, 2.75) is 12.8 Å². The van der Waals surface area contributed by atoms with Gasteiger partial charge in [-0.15, -0.1) is 0 Å². The van der Waals surface area contributed by atoms with Gasteiger partial charge in [0.2, 0.25) is 0 Å². The fraction of sp³-hybridized carbons (Fsp3) is 0.167. The Hall–Kier alpha value is -3.40. The average molecular weight is 469 g/mol. The number of nitrogens with zero attached hydrogens (tertiary/aromatic N) is 2. The molecule has 1 unspecified atom stereocenters. The third kappa shape index (κ3) is 6.30. The zero-order chi connectivity index (χ0) is 22.9. The quantitative estimate of drug-likeness (QED) is 0.263. The Balaban J connectivity index is 1.66. The molecule has 0 saturated carbocycles. The SMILES string of the molecule is COC(=O)C(CC#Cc1ccc(Oc2ncccn2)cc1)CC(=O)c1c(Cl)cccc1Cl. The molecule has 32 heavy (non-hydrogen) atoms. The number of carbonyl (C=O) groups excluding carboxylic acids is 2. The number of rotatable bonds is 7. The molecular formula is C24H18Cl2N2O4. The van der Waals surface area contributed by atoms with Crippen LogP contribution in [-0.2, 0) is 9.53 Å². The second-order valence-electron chi connectivity index (χ2n) is 6.61. The van der Waals surface area contributed by atoms with E-state index in [0.717, 1.165) is 5.56 Å². The van der Waals surface area contributed by atoms with Gasteiger partial charge in [-0.1, -0.05) is 41.1 Å². The van der Waals surface area contributed by atoms with Gasteiger partial charge in [0, 0.05) is 30.8 Å². The predicted molar refractivity (Wildman–Crippen MR) is 121 cm³/mol.